The Bertz CT molecular complexity index is 483. The first-order valence-electron chi connectivity index (χ1n) is 6.79. The molecule has 6 nitrogen and oxygen atoms in total. The largest absolute Gasteiger partial charge is 0.461 e. The van der Waals surface area contributed by atoms with E-state index in [0.717, 1.165) is 25.9 Å². The number of hydrogen-bond donors (Lipinski definition) is 1. The molecule has 2 rings (SSSR count). The topological polar surface area (TPSA) is 71.5 Å². The third-order valence-corrected chi connectivity index (χ3v) is 3.89. The normalized spacial score (nSPS) is 16.0. The Morgan fingerprint density at radius 1 is 1.50 bits per heavy atom. The second-order valence-corrected chi connectivity index (χ2v) is 5.51. The number of aromatic nitrogens is 1. The first-order valence-corrected chi connectivity index (χ1v) is 7.67. The summed E-state index contributed by atoms with van der Waals surface area (Å²) in [7, 11) is 0. The molecule has 1 unspecified atom stereocenters. The summed E-state index contributed by atoms with van der Waals surface area (Å²) in [5.74, 6) is -0.356. The first kappa shape index (κ1) is 14.8. The van der Waals surface area contributed by atoms with Crippen molar-refractivity contribution in [3.05, 3.63) is 11.1 Å². The molecule has 20 heavy (non-hydrogen) atoms. The molecule has 7 heteroatoms. The molecular weight excluding hydrogens is 278 g/mol. The molecule has 0 radical (unpaired) electrons. The van der Waals surface area contributed by atoms with Gasteiger partial charge in [-0.25, -0.2) is 9.78 Å². The highest BCUT2D eigenvalue weighted by molar-refractivity contribution is 7.13. The van der Waals surface area contributed by atoms with Crippen molar-refractivity contribution in [2.24, 2.45) is 0 Å². The Balaban J connectivity index is 1.92. The highest BCUT2D eigenvalue weighted by atomic mass is 32.1. The Morgan fingerprint density at radius 2 is 2.20 bits per heavy atom. The SMILES string of the molecule is CCOC(=O)c1csc(NC(C)C(=O)N2CCCC2)n1. The van der Waals surface area contributed by atoms with Gasteiger partial charge in [0.25, 0.3) is 0 Å². The zero-order valence-corrected chi connectivity index (χ0v) is 12.5. The second kappa shape index (κ2) is 6.69. The van der Waals surface area contributed by atoms with Gasteiger partial charge in [-0.3, -0.25) is 4.79 Å². The fraction of sp³-hybridized carbons (Fsp3) is 0.615. The maximum Gasteiger partial charge on any atom is 0.357 e. The van der Waals surface area contributed by atoms with Crippen molar-refractivity contribution in [1.82, 2.24) is 9.88 Å². The lowest BCUT2D eigenvalue weighted by Gasteiger charge is -2.20. The van der Waals surface area contributed by atoms with Gasteiger partial charge in [0.05, 0.1) is 6.61 Å². The average Bonchev–Trinajstić information content (AvgIpc) is 3.09. The van der Waals surface area contributed by atoms with Crippen LogP contribution in [0.5, 0.6) is 0 Å². The molecule has 0 aromatic carbocycles. The number of amides is 1. The molecule has 0 bridgehead atoms. The minimum absolute atomic E-state index is 0.0791. The fourth-order valence-electron chi connectivity index (χ4n) is 2.10. The Hall–Kier alpha value is -1.63. The van der Waals surface area contributed by atoms with Gasteiger partial charge in [-0.2, -0.15) is 0 Å². The lowest BCUT2D eigenvalue weighted by molar-refractivity contribution is -0.130. The number of likely N-dealkylation sites (tertiary alicyclic amines) is 1. The Kier molecular flexibility index (Phi) is 4.94. The number of ether oxygens (including phenoxy) is 1. The highest BCUT2D eigenvalue weighted by Crippen LogP contribution is 2.18. The van der Waals surface area contributed by atoms with E-state index in [1.54, 1.807) is 12.3 Å². The summed E-state index contributed by atoms with van der Waals surface area (Å²) in [5.41, 5.74) is 0.278. The molecule has 1 fully saturated rings. The molecule has 0 spiro atoms. The lowest BCUT2D eigenvalue weighted by Crippen LogP contribution is -2.39. The minimum Gasteiger partial charge on any atom is -0.461 e. The summed E-state index contributed by atoms with van der Waals surface area (Å²) < 4.78 is 4.88. The van der Waals surface area contributed by atoms with Gasteiger partial charge < -0.3 is 15.0 Å². The molecule has 1 aromatic heterocycles. The third kappa shape index (κ3) is 3.47. The maximum absolute atomic E-state index is 12.1. The van der Waals surface area contributed by atoms with Crippen LogP contribution >= 0.6 is 11.3 Å². The van der Waals surface area contributed by atoms with Crippen molar-refractivity contribution in [2.45, 2.75) is 32.7 Å². The smallest absolute Gasteiger partial charge is 0.357 e. The summed E-state index contributed by atoms with van der Waals surface area (Å²) >= 11 is 1.30. The summed E-state index contributed by atoms with van der Waals surface area (Å²) in [6.07, 6.45) is 2.14. The summed E-state index contributed by atoms with van der Waals surface area (Å²) in [6.45, 7) is 5.54. The average molecular weight is 297 g/mol. The zero-order chi connectivity index (χ0) is 14.5. The van der Waals surface area contributed by atoms with Crippen LogP contribution in [0.3, 0.4) is 0 Å². The van der Waals surface area contributed by atoms with Gasteiger partial charge in [0, 0.05) is 18.5 Å². The van der Waals surface area contributed by atoms with E-state index in [0.29, 0.717) is 11.7 Å². The van der Waals surface area contributed by atoms with Crippen LogP contribution in [-0.4, -0.2) is 47.5 Å². The van der Waals surface area contributed by atoms with Crippen molar-refractivity contribution in [1.29, 1.82) is 0 Å². The van der Waals surface area contributed by atoms with Crippen LogP contribution in [0.2, 0.25) is 0 Å². The van der Waals surface area contributed by atoms with Crippen LogP contribution in [0, 0.1) is 0 Å². The number of nitrogens with one attached hydrogen (secondary N) is 1. The predicted octanol–water partition coefficient (Wildman–Crippen LogP) is 1.74. The maximum atomic E-state index is 12.1. The summed E-state index contributed by atoms with van der Waals surface area (Å²) in [6, 6.07) is -0.339. The van der Waals surface area contributed by atoms with Crippen molar-refractivity contribution < 1.29 is 14.3 Å². The molecule has 1 amide bonds. The van der Waals surface area contributed by atoms with Crippen LogP contribution in [0.25, 0.3) is 0 Å². The van der Waals surface area contributed by atoms with E-state index < -0.39 is 5.97 Å². The van der Waals surface area contributed by atoms with Gasteiger partial charge in [0.1, 0.15) is 6.04 Å². The van der Waals surface area contributed by atoms with E-state index in [4.69, 9.17) is 4.74 Å². The molecule has 1 aliphatic rings. The van der Waals surface area contributed by atoms with Crippen LogP contribution in [-0.2, 0) is 9.53 Å². The molecule has 2 heterocycles. The van der Waals surface area contributed by atoms with Crippen LogP contribution in [0.1, 0.15) is 37.2 Å². The molecule has 0 saturated carbocycles. The van der Waals surface area contributed by atoms with Crippen LogP contribution in [0.4, 0.5) is 5.13 Å². The number of esters is 1. The van der Waals surface area contributed by atoms with Crippen molar-refractivity contribution in [3.8, 4) is 0 Å². The molecule has 1 saturated heterocycles. The fourth-order valence-corrected chi connectivity index (χ4v) is 2.87. The number of anilines is 1. The molecular formula is C13H19N3O3S. The monoisotopic (exact) mass is 297 g/mol. The van der Waals surface area contributed by atoms with Gasteiger partial charge in [-0.15, -0.1) is 11.3 Å². The second-order valence-electron chi connectivity index (χ2n) is 4.66. The van der Waals surface area contributed by atoms with Crippen LogP contribution < -0.4 is 5.32 Å². The number of thiazole rings is 1. The van der Waals surface area contributed by atoms with Gasteiger partial charge in [0.15, 0.2) is 10.8 Å². The molecule has 1 atom stereocenters. The third-order valence-electron chi connectivity index (χ3n) is 3.12. The first-order chi connectivity index (χ1) is 9.61. The number of rotatable bonds is 5. The minimum atomic E-state index is -0.435. The van der Waals surface area contributed by atoms with Gasteiger partial charge in [0.2, 0.25) is 5.91 Å². The van der Waals surface area contributed by atoms with Crippen LogP contribution in [0.15, 0.2) is 5.38 Å². The van der Waals surface area contributed by atoms with E-state index in [1.807, 2.05) is 11.8 Å². The highest BCUT2D eigenvalue weighted by Gasteiger charge is 2.24. The molecule has 110 valence electrons. The molecule has 1 aliphatic heterocycles. The molecule has 0 aliphatic carbocycles. The summed E-state index contributed by atoms with van der Waals surface area (Å²) in [5, 5.41) is 5.24. The van der Waals surface area contributed by atoms with Crippen molar-refractivity contribution in [2.75, 3.05) is 25.0 Å². The van der Waals surface area contributed by atoms with Crippen molar-refractivity contribution >= 4 is 28.3 Å². The quantitative estimate of drug-likeness (QED) is 0.838. The van der Waals surface area contributed by atoms with E-state index in [1.165, 1.54) is 11.3 Å². The molecule has 1 aromatic rings. The standard InChI is InChI=1S/C13H19N3O3S/c1-3-19-12(18)10-8-20-13(15-10)14-9(2)11(17)16-6-4-5-7-16/h8-9H,3-7H2,1-2H3,(H,14,15). The van der Waals surface area contributed by atoms with Gasteiger partial charge in [-0.1, -0.05) is 0 Å². The molecule has 1 N–H and O–H groups in total. The van der Waals surface area contributed by atoms with E-state index in [2.05, 4.69) is 10.3 Å². The number of nitrogens with zero attached hydrogens (tertiary/aromatic N) is 2. The summed E-state index contributed by atoms with van der Waals surface area (Å²) in [4.78, 5) is 29.6. The predicted molar refractivity (Wildman–Crippen MR) is 77.0 cm³/mol. The van der Waals surface area contributed by atoms with E-state index in [9.17, 15) is 9.59 Å². The Morgan fingerprint density at radius 3 is 2.85 bits per heavy atom. The number of carbonyl (C=O) groups is 2. The zero-order valence-electron chi connectivity index (χ0n) is 11.7. The van der Waals surface area contributed by atoms with E-state index in [-0.39, 0.29) is 17.6 Å². The van der Waals surface area contributed by atoms with Crippen molar-refractivity contribution in [3.63, 3.8) is 0 Å². The van der Waals surface area contributed by atoms with Gasteiger partial charge in [-0.05, 0) is 26.7 Å². The van der Waals surface area contributed by atoms with E-state index >= 15 is 0 Å². The number of hydrogen-bond acceptors (Lipinski definition) is 6. The lowest BCUT2D eigenvalue weighted by atomic mass is 10.3. The Labute approximate surface area is 122 Å². The number of carbonyl (C=O) groups excluding carboxylic acids is 2. The van der Waals surface area contributed by atoms with Gasteiger partial charge >= 0.3 is 5.97 Å².